The summed E-state index contributed by atoms with van der Waals surface area (Å²) in [6, 6.07) is 11.5. The van der Waals surface area contributed by atoms with Gasteiger partial charge in [-0.1, -0.05) is 29.5 Å². The molecule has 0 radical (unpaired) electrons. The molecule has 0 aliphatic carbocycles. The highest BCUT2D eigenvalue weighted by Gasteiger charge is 2.10. The van der Waals surface area contributed by atoms with Gasteiger partial charge in [0.1, 0.15) is 0 Å². The van der Waals surface area contributed by atoms with Crippen molar-refractivity contribution >= 4 is 33.0 Å². The van der Waals surface area contributed by atoms with E-state index in [2.05, 4.69) is 25.7 Å². The van der Waals surface area contributed by atoms with Crippen LogP contribution in [-0.4, -0.2) is 25.5 Å². The van der Waals surface area contributed by atoms with E-state index in [1.165, 1.54) is 18.3 Å². The maximum atomic E-state index is 11.2. The van der Waals surface area contributed by atoms with E-state index in [-0.39, 0.29) is 5.91 Å². The molecule has 2 N–H and O–H groups in total. The third-order valence-electron chi connectivity index (χ3n) is 3.69. The second-order valence-electron chi connectivity index (χ2n) is 5.74. The van der Waals surface area contributed by atoms with Gasteiger partial charge in [-0.25, -0.2) is 9.50 Å². The number of carbonyl (C=O) groups is 1. The van der Waals surface area contributed by atoms with E-state index in [0.717, 1.165) is 32.6 Å². The molecule has 4 aromatic rings. The minimum absolute atomic E-state index is 0.0982. The number of hydrogen-bond acceptors (Lipinski definition) is 6. The molecule has 0 aliphatic heterocycles. The van der Waals surface area contributed by atoms with Crippen LogP contribution in [0.3, 0.4) is 0 Å². The number of hydrogen-bond donors (Lipinski definition) is 2. The minimum Gasteiger partial charge on any atom is -0.356 e. The Bertz CT molecular complexity index is 1020. The van der Waals surface area contributed by atoms with E-state index in [1.807, 2.05) is 48.8 Å². The van der Waals surface area contributed by atoms with Crippen LogP contribution < -0.4 is 10.6 Å². The number of pyridine rings is 1. The van der Waals surface area contributed by atoms with Gasteiger partial charge < -0.3 is 10.6 Å². The SMILES string of the molecule is CC(=O)Nc1cccc(-c2cn3nc(NCc4cccnc4)sc3n2)c1. The Morgan fingerprint density at radius 2 is 2.19 bits per heavy atom. The fraction of sp³-hybridized carbons (Fsp3) is 0.111. The standard InChI is InChI=1S/C18H16N6OS/c1-12(25)21-15-6-2-5-14(8-15)16-11-24-18(22-16)26-17(23-24)20-10-13-4-3-7-19-9-13/h2-9,11H,10H2,1H3,(H,20,23)(H,21,25). The lowest BCUT2D eigenvalue weighted by molar-refractivity contribution is -0.114. The molecule has 8 heteroatoms. The molecular formula is C18H16N6OS. The van der Waals surface area contributed by atoms with Crippen molar-refractivity contribution in [3.8, 4) is 11.3 Å². The number of amides is 1. The highest BCUT2D eigenvalue weighted by Crippen LogP contribution is 2.26. The average Bonchev–Trinajstić information content (AvgIpc) is 3.19. The number of benzene rings is 1. The number of rotatable bonds is 5. The van der Waals surface area contributed by atoms with Gasteiger partial charge in [-0.15, -0.1) is 5.10 Å². The van der Waals surface area contributed by atoms with Gasteiger partial charge in [-0.05, 0) is 23.8 Å². The molecule has 1 amide bonds. The van der Waals surface area contributed by atoms with Gasteiger partial charge in [-0.3, -0.25) is 9.78 Å². The Balaban J connectivity index is 1.52. The van der Waals surface area contributed by atoms with Crippen molar-refractivity contribution in [2.45, 2.75) is 13.5 Å². The summed E-state index contributed by atoms with van der Waals surface area (Å²) in [6.45, 7) is 2.15. The van der Waals surface area contributed by atoms with Crippen LogP contribution in [0.2, 0.25) is 0 Å². The van der Waals surface area contributed by atoms with Crippen LogP contribution >= 0.6 is 11.3 Å². The van der Waals surface area contributed by atoms with Gasteiger partial charge in [-0.2, -0.15) is 0 Å². The highest BCUT2D eigenvalue weighted by atomic mass is 32.1. The summed E-state index contributed by atoms with van der Waals surface area (Å²) in [6.07, 6.45) is 5.46. The van der Waals surface area contributed by atoms with Gasteiger partial charge >= 0.3 is 0 Å². The van der Waals surface area contributed by atoms with Crippen molar-refractivity contribution in [2.24, 2.45) is 0 Å². The van der Waals surface area contributed by atoms with E-state index in [0.29, 0.717) is 6.54 Å². The van der Waals surface area contributed by atoms with Crippen LogP contribution in [0.5, 0.6) is 0 Å². The van der Waals surface area contributed by atoms with Crippen molar-refractivity contribution in [3.05, 3.63) is 60.6 Å². The quantitative estimate of drug-likeness (QED) is 0.567. The zero-order valence-corrected chi connectivity index (χ0v) is 14.8. The van der Waals surface area contributed by atoms with Crippen LogP contribution in [0, 0.1) is 0 Å². The molecule has 0 fully saturated rings. The van der Waals surface area contributed by atoms with E-state index >= 15 is 0 Å². The molecule has 0 saturated heterocycles. The Morgan fingerprint density at radius 3 is 2.96 bits per heavy atom. The van der Waals surface area contributed by atoms with Gasteiger partial charge in [0.15, 0.2) is 0 Å². The van der Waals surface area contributed by atoms with Crippen molar-refractivity contribution in [3.63, 3.8) is 0 Å². The van der Waals surface area contributed by atoms with Gasteiger partial charge in [0, 0.05) is 37.1 Å². The fourth-order valence-electron chi connectivity index (χ4n) is 2.55. The van der Waals surface area contributed by atoms with Crippen molar-refractivity contribution in [1.29, 1.82) is 0 Å². The summed E-state index contributed by atoms with van der Waals surface area (Å²) in [4.78, 5) is 20.7. The average molecular weight is 364 g/mol. The zero-order chi connectivity index (χ0) is 17.9. The number of anilines is 2. The van der Waals surface area contributed by atoms with Crippen molar-refractivity contribution in [1.82, 2.24) is 19.6 Å². The van der Waals surface area contributed by atoms with E-state index in [4.69, 9.17) is 0 Å². The highest BCUT2D eigenvalue weighted by molar-refractivity contribution is 7.20. The van der Waals surface area contributed by atoms with E-state index < -0.39 is 0 Å². The monoisotopic (exact) mass is 364 g/mol. The van der Waals surface area contributed by atoms with Gasteiger partial charge in [0.2, 0.25) is 16.0 Å². The van der Waals surface area contributed by atoms with Crippen LogP contribution in [0.4, 0.5) is 10.8 Å². The fourth-order valence-corrected chi connectivity index (χ4v) is 3.33. The maximum absolute atomic E-state index is 11.2. The first kappa shape index (κ1) is 16.2. The van der Waals surface area contributed by atoms with E-state index in [1.54, 1.807) is 10.7 Å². The molecule has 4 rings (SSSR count). The Morgan fingerprint density at radius 1 is 1.27 bits per heavy atom. The first-order valence-corrected chi connectivity index (χ1v) is 8.86. The molecule has 130 valence electrons. The Labute approximate surface area is 153 Å². The Kier molecular flexibility index (Phi) is 4.32. The predicted molar refractivity (Wildman–Crippen MR) is 102 cm³/mol. The topological polar surface area (TPSA) is 84.2 Å². The lowest BCUT2D eigenvalue weighted by atomic mass is 10.1. The molecule has 1 aromatic carbocycles. The molecule has 3 aromatic heterocycles. The molecule has 0 unspecified atom stereocenters. The summed E-state index contributed by atoms with van der Waals surface area (Å²) in [5.41, 5.74) is 3.59. The predicted octanol–water partition coefficient (Wildman–Crippen LogP) is 3.42. The third kappa shape index (κ3) is 3.55. The van der Waals surface area contributed by atoms with Crippen molar-refractivity contribution < 1.29 is 4.79 Å². The van der Waals surface area contributed by atoms with Gasteiger partial charge in [0.25, 0.3) is 0 Å². The zero-order valence-electron chi connectivity index (χ0n) is 14.0. The molecule has 26 heavy (non-hydrogen) atoms. The number of imidazole rings is 1. The number of fused-ring (bicyclic) bond motifs is 1. The largest absolute Gasteiger partial charge is 0.356 e. The normalized spacial score (nSPS) is 10.8. The lowest BCUT2D eigenvalue weighted by Crippen LogP contribution is -2.05. The second-order valence-corrected chi connectivity index (χ2v) is 6.69. The van der Waals surface area contributed by atoms with Crippen molar-refractivity contribution in [2.75, 3.05) is 10.6 Å². The van der Waals surface area contributed by atoms with Gasteiger partial charge in [0.05, 0.1) is 11.9 Å². The van der Waals surface area contributed by atoms with E-state index in [9.17, 15) is 4.79 Å². The minimum atomic E-state index is -0.0982. The molecule has 0 bridgehead atoms. The third-order valence-corrected chi connectivity index (χ3v) is 4.57. The summed E-state index contributed by atoms with van der Waals surface area (Å²) in [5, 5.41) is 11.4. The molecule has 0 spiro atoms. The van der Waals surface area contributed by atoms with Crippen LogP contribution in [0.25, 0.3) is 16.2 Å². The molecule has 0 aliphatic rings. The molecule has 0 atom stereocenters. The molecule has 3 heterocycles. The summed E-state index contributed by atoms with van der Waals surface area (Å²) >= 11 is 1.49. The Hall–Kier alpha value is -3.26. The molecule has 0 saturated carbocycles. The summed E-state index contributed by atoms with van der Waals surface area (Å²) in [7, 11) is 0. The number of carbonyl (C=O) groups excluding carboxylic acids is 1. The number of nitrogens with one attached hydrogen (secondary N) is 2. The number of nitrogens with zero attached hydrogens (tertiary/aromatic N) is 4. The lowest BCUT2D eigenvalue weighted by Gasteiger charge is -2.03. The smallest absolute Gasteiger partial charge is 0.221 e. The van der Waals surface area contributed by atoms with Crippen LogP contribution in [-0.2, 0) is 11.3 Å². The first-order valence-electron chi connectivity index (χ1n) is 8.04. The maximum Gasteiger partial charge on any atom is 0.221 e. The van der Waals surface area contributed by atoms with Crippen LogP contribution in [0.15, 0.2) is 55.0 Å². The molecular weight excluding hydrogens is 348 g/mol. The molecule has 7 nitrogen and oxygen atoms in total. The summed E-state index contributed by atoms with van der Waals surface area (Å²) < 4.78 is 1.76. The second kappa shape index (κ2) is 6.93. The first-order chi connectivity index (χ1) is 12.7. The van der Waals surface area contributed by atoms with Crippen LogP contribution in [0.1, 0.15) is 12.5 Å². The summed E-state index contributed by atoms with van der Waals surface area (Å²) in [5.74, 6) is -0.0982. The number of aromatic nitrogens is 4.